The molecule has 1 aromatic rings. The maximum Gasteiger partial charge on any atom is 0.516 e. The zero-order valence-electron chi connectivity index (χ0n) is 10.8. The Bertz CT molecular complexity index is 446. The Morgan fingerprint density at radius 1 is 1.32 bits per heavy atom. The zero-order chi connectivity index (χ0) is 13.7. The lowest BCUT2D eigenvalue weighted by atomic mass is 10.0. The minimum absolute atomic E-state index is 0.0978. The summed E-state index contributed by atoms with van der Waals surface area (Å²) in [5.41, 5.74) is 0.847. The van der Waals surface area contributed by atoms with Gasteiger partial charge in [-0.25, -0.2) is 9.59 Å². The van der Waals surface area contributed by atoms with Gasteiger partial charge in [0, 0.05) is 0 Å². The third kappa shape index (κ3) is 3.79. The summed E-state index contributed by atoms with van der Waals surface area (Å²) in [5.74, 6) is -0.391. The van der Waals surface area contributed by atoms with Crippen molar-refractivity contribution < 1.29 is 19.1 Å². The van der Waals surface area contributed by atoms with Gasteiger partial charge in [0.1, 0.15) is 12.6 Å². The van der Waals surface area contributed by atoms with Crippen LogP contribution < -0.4 is 5.32 Å². The van der Waals surface area contributed by atoms with E-state index >= 15 is 0 Å². The van der Waals surface area contributed by atoms with Gasteiger partial charge in [0.05, 0.1) is 0 Å². The molecule has 0 bridgehead atoms. The van der Waals surface area contributed by atoms with Gasteiger partial charge in [0.25, 0.3) is 0 Å². The van der Waals surface area contributed by atoms with Crippen LogP contribution in [0.2, 0.25) is 0 Å². The fourth-order valence-corrected chi connectivity index (χ4v) is 2.04. The Balaban J connectivity index is 1.76. The van der Waals surface area contributed by atoms with Crippen LogP contribution in [-0.2, 0) is 20.9 Å². The molecule has 102 valence electrons. The fraction of sp³-hybridized carbons (Fsp3) is 0.429. The maximum atomic E-state index is 11.7. The molecule has 1 N–H and O–H groups in total. The normalized spacial score (nSPS) is 21.9. The number of hydrogen-bond donors (Lipinski definition) is 1. The van der Waals surface area contributed by atoms with Crippen molar-refractivity contribution in [3.05, 3.63) is 35.9 Å². The van der Waals surface area contributed by atoms with Crippen LogP contribution in [0.5, 0.6) is 0 Å². The van der Waals surface area contributed by atoms with Gasteiger partial charge in [-0.05, 0) is 24.4 Å². The maximum absolute atomic E-state index is 11.7. The second-order valence-electron chi connectivity index (χ2n) is 4.64. The summed E-state index contributed by atoms with van der Waals surface area (Å²) in [5, 5.41) is 3.00. The summed E-state index contributed by atoms with van der Waals surface area (Å²) in [6, 6.07) is 8.81. The monoisotopic (exact) mass is 263 g/mol. The average Bonchev–Trinajstić information content (AvgIpc) is 2.84. The molecule has 0 radical (unpaired) electrons. The van der Waals surface area contributed by atoms with Gasteiger partial charge in [0.2, 0.25) is 0 Å². The first-order valence-electron chi connectivity index (χ1n) is 6.32. The molecule has 1 saturated heterocycles. The molecule has 1 aliphatic rings. The summed E-state index contributed by atoms with van der Waals surface area (Å²) in [6.45, 7) is 2.81. The average molecular weight is 263 g/mol. The van der Waals surface area contributed by atoms with Crippen molar-refractivity contribution in [3.63, 3.8) is 0 Å². The van der Waals surface area contributed by atoms with Gasteiger partial charge in [-0.1, -0.05) is 37.3 Å². The molecule has 19 heavy (non-hydrogen) atoms. The molecule has 1 fully saturated rings. The van der Waals surface area contributed by atoms with Crippen molar-refractivity contribution in [1.29, 1.82) is 0 Å². The number of carbonyl (C=O) groups excluding carboxylic acids is 2. The molecule has 0 aromatic heterocycles. The number of ether oxygens (including phenoxy) is 2. The molecule has 1 heterocycles. The van der Waals surface area contributed by atoms with E-state index < -0.39 is 18.2 Å². The SMILES string of the molecule is C[C@@H]1CCN[C@@H]1C(=O)OC(=O)OCc1ccccc1. The van der Waals surface area contributed by atoms with Crippen molar-refractivity contribution in [2.45, 2.75) is 26.0 Å². The van der Waals surface area contributed by atoms with Crippen LogP contribution >= 0.6 is 0 Å². The van der Waals surface area contributed by atoms with Gasteiger partial charge < -0.3 is 14.8 Å². The van der Waals surface area contributed by atoms with Crippen molar-refractivity contribution >= 4 is 12.1 Å². The van der Waals surface area contributed by atoms with Crippen molar-refractivity contribution in [3.8, 4) is 0 Å². The number of esters is 1. The van der Waals surface area contributed by atoms with Crippen LogP contribution in [-0.4, -0.2) is 24.7 Å². The quantitative estimate of drug-likeness (QED) is 0.666. The van der Waals surface area contributed by atoms with Gasteiger partial charge >= 0.3 is 12.1 Å². The highest BCUT2D eigenvalue weighted by atomic mass is 16.7. The van der Waals surface area contributed by atoms with E-state index in [0.29, 0.717) is 0 Å². The molecule has 0 spiro atoms. The second kappa shape index (κ2) is 6.33. The Kier molecular flexibility index (Phi) is 4.52. The minimum atomic E-state index is -0.949. The van der Waals surface area contributed by atoms with Crippen molar-refractivity contribution in [1.82, 2.24) is 5.32 Å². The standard InChI is InChI=1S/C14H17NO4/c1-10-7-8-15-12(10)13(16)19-14(17)18-9-11-5-3-2-4-6-11/h2-6,10,12,15H,7-9H2,1H3/t10-,12+/m1/s1. The summed E-state index contributed by atoms with van der Waals surface area (Å²) in [6.07, 6.45) is -0.0477. The lowest BCUT2D eigenvalue weighted by Gasteiger charge is -2.13. The van der Waals surface area contributed by atoms with Gasteiger partial charge in [-0.2, -0.15) is 0 Å². The van der Waals surface area contributed by atoms with Crippen LogP contribution in [0.4, 0.5) is 4.79 Å². The topological polar surface area (TPSA) is 64.6 Å². The van der Waals surface area contributed by atoms with Gasteiger partial charge in [0.15, 0.2) is 0 Å². The largest absolute Gasteiger partial charge is 0.516 e. The van der Waals surface area contributed by atoms with E-state index in [0.717, 1.165) is 18.5 Å². The molecular formula is C14H17NO4. The smallest absolute Gasteiger partial charge is 0.429 e. The highest BCUT2D eigenvalue weighted by Gasteiger charge is 2.32. The van der Waals surface area contributed by atoms with E-state index in [9.17, 15) is 9.59 Å². The lowest BCUT2D eigenvalue weighted by molar-refractivity contribution is -0.142. The Morgan fingerprint density at radius 2 is 2.05 bits per heavy atom. The highest BCUT2D eigenvalue weighted by molar-refractivity contribution is 5.86. The van der Waals surface area contributed by atoms with E-state index in [1.807, 2.05) is 37.3 Å². The molecule has 2 rings (SSSR count). The van der Waals surface area contributed by atoms with Crippen LogP contribution in [0.1, 0.15) is 18.9 Å². The van der Waals surface area contributed by atoms with E-state index in [4.69, 9.17) is 4.74 Å². The molecule has 5 nitrogen and oxygen atoms in total. The minimum Gasteiger partial charge on any atom is -0.429 e. The third-order valence-corrected chi connectivity index (χ3v) is 3.17. The molecule has 0 saturated carbocycles. The molecule has 5 heteroatoms. The van der Waals surface area contributed by atoms with E-state index in [-0.39, 0.29) is 12.5 Å². The van der Waals surface area contributed by atoms with E-state index in [1.54, 1.807) is 0 Å². The van der Waals surface area contributed by atoms with Gasteiger partial charge in [-0.3, -0.25) is 0 Å². The van der Waals surface area contributed by atoms with Crippen LogP contribution in [0.25, 0.3) is 0 Å². The first-order valence-corrected chi connectivity index (χ1v) is 6.32. The van der Waals surface area contributed by atoms with Crippen LogP contribution in [0.15, 0.2) is 30.3 Å². The molecule has 1 aromatic carbocycles. The third-order valence-electron chi connectivity index (χ3n) is 3.17. The molecule has 1 aliphatic heterocycles. The molecule has 2 atom stereocenters. The molecular weight excluding hydrogens is 246 g/mol. The highest BCUT2D eigenvalue weighted by Crippen LogP contribution is 2.15. The first-order chi connectivity index (χ1) is 9.16. The molecule has 0 amide bonds. The predicted octanol–water partition coefficient (Wildman–Crippen LogP) is 1.86. The Morgan fingerprint density at radius 3 is 2.68 bits per heavy atom. The Labute approximate surface area is 111 Å². The number of carbonyl (C=O) groups is 2. The summed E-state index contributed by atoms with van der Waals surface area (Å²) >= 11 is 0. The lowest BCUT2D eigenvalue weighted by Crippen LogP contribution is -2.37. The second-order valence-corrected chi connectivity index (χ2v) is 4.64. The number of rotatable bonds is 3. The molecule has 0 aliphatic carbocycles. The van der Waals surface area contributed by atoms with Crippen molar-refractivity contribution in [2.75, 3.05) is 6.54 Å². The summed E-state index contributed by atoms with van der Waals surface area (Å²) in [4.78, 5) is 23.1. The number of benzene rings is 1. The van der Waals surface area contributed by atoms with Crippen molar-refractivity contribution in [2.24, 2.45) is 5.92 Å². The van der Waals surface area contributed by atoms with E-state index in [2.05, 4.69) is 10.1 Å². The number of nitrogens with one attached hydrogen (secondary N) is 1. The first kappa shape index (κ1) is 13.5. The summed E-state index contributed by atoms with van der Waals surface area (Å²) in [7, 11) is 0. The molecule has 0 unspecified atom stereocenters. The summed E-state index contributed by atoms with van der Waals surface area (Å²) < 4.78 is 9.55. The number of hydrogen-bond acceptors (Lipinski definition) is 5. The van der Waals surface area contributed by atoms with Crippen LogP contribution in [0.3, 0.4) is 0 Å². The van der Waals surface area contributed by atoms with Gasteiger partial charge in [-0.15, -0.1) is 0 Å². The Hall–Kier alpha value is -1.88. The predicted molar refractivity (Wildman–Crippen MR) is 68.3 cm³/mol. The van der Waals surface area contributed by atoms with E-state index in [1.165, 1.54) is 0 Å². The zero-order valence-corrected chi connectivity index (χ0v) is 10.8. The van der Waals surface area contributed by atoms with Crippen LogP contribution in [0, 0.1) is 5.92 Å². The fourth-order valence-electron chi connectivity index (χ4n) is 2.04.